The van der Waals surface area contributed by atoms with Crippen molar-refractivity contribution in [3.05, 3.63) is 69.4 Å². The Labute approximate surface area is 181 Å². The second kappa shape index (κ2) is 10.3. The Kier molecular flexibility index (Phi) is 7.79. The zero-order valence-electron chi connectivity index (χ0n) is 18.2. The molecule has 31 heavy (non-hydrogen) atoms. The van der Waals surface area contributed by atoms with Crippen molar-refractivity contribution in [2.45, 2.75) is 26.4 Å². The molecule has 1 amide bonds. The number of rotatable bonds is 7. The van der Waals surface area contributed by atoms with Crippen molar-refractivity contribution in [3.63, 3.8) is 0 Å². The van der Waals surface area contributed by atoms with Gasteiger partial charge in [-0.25, -0.2) is 4.79 Å². The number of benzene rings is 2. The van der Waals surface area contributed by atoms with E-state index in [1.807, 2.05) is 18.2 Å². The predicted octanol–water partition coefficient (Wildman–Crippen LogP) is 5.47. The lowest BCUT2D eigenvalue weighted by atomic mass is 10.0. The van der Waals surface area contributed by atoms with Gasteiger partial charge in [0.1, 0.15) is 17.1 Å². The molecular formula is C23H26N2O6. The molecule has 0 aliphatic carbocycles. The monoisotopic (exact) mass is 426 g/mol. The Morgan fingerprint density at radius 3 is 2.26 bits per heavy atom. The molecule has 0 aliphatic rings. The average Bonchev–Trinajstić information content (AvgIpc) is 2.69. The second-order valence-corrected chi connectivity index (χ2v) is 7.52. The van der Waals surface area contributed by atoms with Crippen LogP contribution in [0.2, 0.25) is 0 Å². The normalized spacial score (nSPS) is 11.5. The molecule has 0 heterocycles. The first-order valence-corrected chi connectivity index (χ1v) is 9.47. The number of carbonyl (C=O) groups is 1. The number of hydrogen-bond donors (Lipinski definition) is 1. The smallest absolute Gasteiger partial charge is 0.412 e. The van der Waals surface area contributed by atoms with Crippen molar-refractivity contribution >= 4 is 30.0 Å². The van der Waals surface area contributed by atoms with Crippen LogP contribution in [0.1, 0.15) is 37.5 Å². The number of hydrogen-bond acceptors (Lipinski definition) is 6. The number of methoxy groups -OCH3 is 2. The molecule has 0 atom stereocenters. The summed E-state index contributed by atoms with van der Waals surface area (Å²) in [5.41, 5.74) is 2.13. The summed E-state index contributed by atoms with van der Waals surface area (Å²) in [4.78, 5) is 22.1. The highest BCUT2D eigenvalue weighted by atomic mass is 16.6. The van der Waals surface area contributed by atoms with Gasteiger partial charge in [-0.1, -0.05) is 24.3 Å². The molecule has 0 aliphatic heterocycles. The van der Waals surface area contributed by atoms with Gasteiger partial charge in [-0.2, -0.15) is 0 Å². The lowest BCUT2D eigenvalue weighted by Gasteiger charge is -2.19. The van der Waals surface area contributed by atoms with Crippen LogP contribution in [0.4, 0.5) is 10.5 Å². The number of amides is 1. The van der Waals surface area contributed by atoms with Gasteiger partial charge in [0.05, 0.1) is 19.1 Å². The summed E-state index contributed by atoms with van der Waals surface area (Å²) >= 11 is 0. The van der Waals surface area contributed by atoms with Gasteiger partial charge < -0.3 is 14.2 Å². The van der Waals surface area contributed by atoms with E-state index < -0.39 is 16.6 Å². The highest BCUT2D eigenvalue weighted by Gasteiger charge is 2.16. The van der Waals surface area contributed by atoms with E-state index >= 15 is 0 Å². The van der Waals surface area contributed by atoms with Crippen molar-refractivity contribution < 1.29 is 23.9 Å². The lowest BCUT2D eigenvalue weighted by Crippen LogP contribution is -2.27. The van der Waals surface area contributed by atoms with E-state index in [1.165, 1.54) is 20.3 Å². The third kappa shape index (κ3) is 7.50. The standard InChI is InChI=1S/C23H26N2O6/c1-23(2,3)31-22(26)24-18-10-7-16(8-11-18)6-9-17-14-19(29-4)15-21(30-5)20(17)12-13-25(27)28/h6-15H,1-5H3,(H,24,26)/b9-6+,13-12+. The number of ether oxygens (including phenoxy) is 3. The fourth-order valence-corrected chi connectivity index (χ4v) is 2.65. The van der Waals surface area contributed by atoms with Crippen molar-refractivity contribution in [2.75, 3.05) is 19.5 Å². The van der Waals surface area contributed by atoms with Crippen LogP contribution in [0.3, 0.4) is 0 Å². The maximum absolute atomic E-state index is 11.9. The van der Waals surface area contributed by atoms with Crippen molar-refractivity contribution in [2.24, 2.45) is 0 Å². The summed E-state index contributed by atoms with van der Waals surface area (Å²) in [6.45, 7) is 5.38. The molecule has 0 aromatic heterocycles. The van der Waals surface area contributed by atoms with E-state index in [-0.39, 0.29) is 0 Å². The van der Waals surface area contributed by atoms with E-state index in [0.717, 1.165) is 11.8 Å². The van der Waals surface area contributed by atoms with Gasteiger partial charge in [-0.05, 0) is 50.1 Å². The van der Waals surface area contributed by atoms with Gasteiger partial charge in [0.2, 0.25) is 6.20 Å². The molecule has 0 bridgehead atoms. The molecule has 0 unspecified atom stereocenters. The number of nitro groups is 1. The highest BCUT2D eigenvalue weighted by molar-refractivity contribution is 5.85. The zero-order chi connectivity index (χ0) is 23.0. The molecule has 0 spiro atoms. The molecule has 8 nitrogen and oxygen atoms in total. The third-order valence-electron chi connectivity index (χ3n) is 3.98. The summed E-state index contributed by atoms with van der Waals surface area (Å²) in [6, 6.07) is 10.6. The Morgan fingerprint density at radius 2 is 1.71 bits per heavy atom. The summed E-state index contributed by atoms with van der Waals surface area (Å²) < 4.78 is 15.9. The maximum atomic E-state index is 11.9. The van der Waals surface area contributed by atoms with Crippen LogP contribution in [0.15, 0.2) is 42.6 Å². The molecule has 0 fully saturated rings. The van der Waals surface area contributed by atoms with Crippen LogP contribution in [-0.4, -0.2) is 30.8 Å². The van der Waals surface area contributed by atoms with Gasteiger partial charge in [-0.15, -0.1) is 0 Å². The van der Waals surface area contributed by atoms with Crippen LogP contribution in [0, 0.1) is 10.1 Å². The first-order chi connectivity index (χ1) is 14.6. The molecule has 2 rings (SSSR count). The molecule has 0 radical (unpaired) electrons. The summed E-state index contributed by atoms with van der Waals surface area (Å²) in [5, 5.41) is 13.4. The van der Waals surface area contributed by atoms with Crippen LogP contribution in [0.25, 0.3) is 18.2 Å². The largest absolute Gasteiger partial charge is 0.497 e. The van der Waals surface area contributed by atoms with Crippen molar-refractivity contribution in [1.82, 2.24) is 0 Å². The SMILES string of the molecule is COc1cc(/C=C/c2ccc(NC(=O)OC(C)(C)C)cc2)c(/C=C/[N+](=O)[O-])c(OC)c1. The molecule has 2 aromatic rings. The Bertz CT molecular complexity index is 988. The van der Waals surface area contributed by atoms with Crippen molar-refractivity contribution in [3.8, 4) is 11.5 Å². The van der Waals surface area contributed by atoms with Crippen LogP contribution >= 0.6 is 0 Å². The number of nitrogens with zero attached hydrogens (tertiary/aromatic N) is 1. The van der Waals surface area contributed by atoms with Crippen molar-refractivity contribution in [1.29, 1.82) is 0 Å². The Balaban J connectivity index is 2.26. The van der Waals surface area contributed by atoms with Gasteiger partial charge >= 0.3 is 6.09 Å². The third-order valence-corrected chi connectivity index (χ3v) is 3.98. The zero-order valence-corrected chi connectivity index (χ0v) is 18.2. The minimum Gasteiger partial charge on any atom is -0.497 e. The number of anilines is 1. The van der Waals surface area contributed by atoms with Gasteiger partial charge in [0.15, 0.2) is 0 Å². The first-order valence-electron chi connectivity index (χ1n) is 9.47. The molecule has 164 valence electrons. The molecule has 0 saturated heterocycles. The topological polar surface area (TPSA) is 99.9 Å². The average molecular weight is 426 g/mol. The first kappa shape index (κ1) is 23.5. The fraction of sp³-hybridized carbons (Fsp3) is 0.261. The quantitative estimate of drug-likeness (QED) is 0.358. The van der Waals surface area contributed by atoms with E-state index in [9.17, 15) is 14.9 Å². The minimum absolute atomic E-state index is 0.453. The predicted molar refractivity (Wildman–Crippen MR) is 121 cm³/mol. The van der Waals surface area contributed by atoms with Gasteiger partial charge in [0, 0.05) is 23.4 Å². The number of carbonyl (C=O) groups excluding carboxylic acids is 1. The minimum atomic E-state index is -0.577. The summed E-state index contributed by atoms with van der Waals surface area (Å²) in [5.74, 6) is 1.01. The van der Waals surface area contributed by atoms with Gasteiger partial charge in [0.25, 0.3) is 0 Å². The molecule has 2 aromatic carbocycles. The Morgan fingerprint density at radius 1 is 1.03 bits per heavy atom. The summed E-state index contributed by atoms with van der Waals surface area (Å²) in [6.07, 6.45) is 5.36. The molecule has 0 saturated carbocycles. The molecule has 8 heteroatoms. The molecule has 1 N–H and O–H groups in total. The molecular weight excluding hydrogens is 400 g/mol. The van der Waals surface area contributed by atoms with Crippen LogP contribution in [0.5, 0.6) is 11.5 Å². The van der Waals surface area contributed by atoms with E-state index in [2.05, 4.69) is 5.32 Å². The fourth-order valence-electron chi connectivity index (χ4n) is 2.65. The highest BCUT2D eigenvalue weighted by Crippen LogP contribution is 2.31. The van der Waals surface area contributed by atoms with E-state index in [1.54, 1.807) is 51.1 Å². The summed E-state index contributed by atoms with van der Waals surface area (Å²) in [7, 11) is 3.02. The maximum Gasteiger partial charge on any atom is 0.412 e. The lowest BCUT2D eigenvalue weighted by molar-refractivity contribution is -0.400. The van der Waals surface area contributed by atoms with Crippen LogP contribution < -0.4 is 14.8 Å². The van der Waals surface area contributed by atoms with Gasteiger partial charge in [-0.3, -0.25) is 15.4 Å². The second-order valence-electron chi connectivity index (χ2n) is 7.52. The van der Waals surface area contributed by atoms with Crippen LogP contribution in [-0.2, 0) is 4.74 Å². The Hall–Kier alpha value is -3.81. The number of nitrogens with one attached hydrogen (secondary N) is 1. The van der Waals surface area contributed by atoms with E-state index in [0.29, 0.717) is 28.3 Å². The van der Waals surface area contributed by atoms with E-state index in [4.69, 9.17) is 14.2 Å².